The Bertz CT molecular complexity index is 1150. The van der Waals surface area contributed by atoms with E-state index >= 15 is 0 Å². The van der Waals surface area contributed by atoms with Crippen LogP contribution in [0.15, 0.2) is 69.2 Å². The highest BCUT2D eigenvalue weighted by molar-refractivity contribution is 8.13. The summed E-state index contributed by atoms with van der Waals surface area (Å²) in [5.41, 5.74) is 0.254. The van der Waals surface area contributed by atoms with Crippen molar-refractivity contribution in [2.24, 2.45) is 19.1 Å². The van der Waals surface area contributed by atoms with Gasteiger partial charge in [-0.1, -0.05) is 48.0 Å². The number of benzene rings is 2. The molecule has 3 aromatic rings. The highest BCUT2D eigenvalue weighted by Crippen LogP contribution is 2.27. The van der Waals surface area contributed by atoms with Crippen molar-refractivity contribution in [3.63, 3.8) is 0 Å². The molecule has 2 aromatic carbocycles. The monoisotopic (exact) mass is 415 g/mol. The summed E-state index contributed by atoms with van der Waals surface area (Å²) in [4.78, 5) is 29.4. The molecule has 8 heteroatoms. The van der Waals surface area contributed by atoms with Crippen LogP contribution in [-0.2, 0) is 19.8 Å². The quantitative estimate of drug-likeness (QED) is 0.523. The minimum atomic E-state index is -0.610. The Morgan fingerprint density at radius 1 is 1.04 bits per heavy atom. The van der Waals surface area contributed by atoms with Crippen LogP contribution in [0.3, 0.4) is 0 Å². The minimum absolute atomic E-state index is 0.0227. The Hall–Kier alpha value is -2.77. The van der Waals surface area contributed by atoms with E-state index in [0.29, 0.717) is 21.5 Å². The third-order valence-corrected chi connectivity index (χ3v) is 5.55. The van der Waals surface area contributed by atoms with Gasteiger partial charge in [0.25, 0.3) is 5.56 Å². The number of rotatable bonds is 4. The number of para-hydroxylation sites is 1. The maximum atomic E-state index is 12.7. The highest BCUT2D eigenvalue weighted by atomic mass is 35.5. The van der Waals surface area contributed by atoms with Crippen molar-refractivity contribution < 1.29 is 5.11 Å². The van der Waals surface area contributed by atoms with Crippen LogP contribution in [0, 0.1) is 0 Å². The van der Waals surface area contributed by atoms with E-state index < -0.39 is 17.1 Å². The molecule has 0 saturated heterocycles. The standard InChI is InChI=1S/C20H18ClN3O3S/c1-23-18(25)16(19(26)24(2)20(23)27)17(22-14-9-4-3-5-10-14)28-12-13-8-6-7-11-15(13)21/h3-11,25H,12H2,1-2H3. The lowest BCUT2D eigenvalue weighted by Gasteiger charge is -2.13. The number of hydrogen-bond donors (Lipinski definition) is 1. The zero-order valence-electron chi connectivity index (χ0n) is 15.3. The Morgan fingerprint density at radius 3 is 2.36 bits per heavy atom. The number of hydrogen-bond acceptors (Lipinski definition) is 5. The normalized spacial score (nSPS) is 11.6. The lowest BCUT2D eigenvalue weighted by molar-refractivity contribution is 0.410. The van der Waals surface area contributed by atoms with Gasteiger partial charge in [-0.15, -0.1) is 11.8 Å². The average Bonchev–Trinajstić information content (AvgIpc) is 2.71. The number of aliphatic imine (C=N–C) groups is 1. The van der Waals surface area contributed by atoms with Crippen molar-refractivity contribution in [1.82, 2.24) is 9.13 Å². The number of aromatic nitrogens is 2. The van der Waals surface area contributed by atoms with Gasteiger partial charge in [-0.2, -0.15) is 0 Å². The molecule has 0 unspecified atom stereocenters. The number of halogens is 1. The van der Waals surface area contributed by atoms with Crippen LogP contribution in [0.4, 0.5) is 5.69 Å². The molecule has 0 aliphatic rings. The van der Waals surface area contributed by atoms with Gasteiger partial charge in [-0.3, -0.25) is 13.9 Å². The number of nitrogens with zero attached hydrogens (tertiary/aromatic N) is 3. The molecule has 1 aromatic heterocycles. The van der Waals surface area contributed by atoms with Gasteiger partial charge in [0.2, 0.25) is 5.88 Å². The first kappa shape index (κ1) is 20.0. The van der Waals surface area contributed by atoms with Crippen LogP contribution in [-0.4, -0.2) is 19.3 Å². The van der Waals surface area contributed by atoms with Crippen molar-refractivity contribution in [2.45, 2.75) is 5.75 Å². The average molecular weight is 416 g/mol. The van der Waals surface area contributed by atoms with Gasteiger partial charge in [0.1, 0.15) is 10.6 Å². The van der Waals surface area contributed by atoms with Crippen molar-refractivity contribution in [1.29, 1.82) is 0 Å². The Kier molecular flexibility index (Phi) is 6.06. The predicted octanol–water partition coefficient (Wildman–Crippen LogP) is 3.45. The first-order valence-corrected chi connectivity index (χ1v) is 9.75. The van der Waals surface area contributed by atoms with Crippen molar-refractivity contribution >= 4 is 34.1 Å². The maximum absolute atomic E-state index is 12.7. The molecule has 0 radical (unpaired) electrons. The minimum Gasteiger partial charge on any atom is -0.494 e. The lowest BCUT2D eigenvalue weighted by atomic mass is 10.2. The fourth-order valence-corrected chi connectivity index (χ4v) is 3.88. The molecule has 0 saturated carbocycles. The van der Waals surface area contributed by atoms with Gasteiger partial charge in [0, 0.05) is 24.9 Å². The van der Waals surface area contributed by atoms with E-state index in [0.717, 1.165) is 14.7 Å². The molecule has 28 heavy (non-hydrogen) atoms. The van der Waals surface area contributed by atoms with Crippen LogP contribution >= 0.6 is 23.4 Å². The molecule has 1 N–H and O–H groups in total. The van der Waals surface area contributed by atoms with E-state index in [1.807, 2.05) is 36.4 Å². The van der Waals surface area contributed by atoms with E-state index in [4.69, 9.17) is 11.6 Å². The molecule has 3 rings (SSSR count). The Morgan fingerprint density at radius 2 is 1.68 bits per heavy atom. The second-order valence-electron chi connectivity index (χ2n) is 6.04. The Balaban J connectivity index is 2.13. The van der Waals surface area contributed by atoms with Crippen molar-refractivity contribution in [3.8, 4) is 5.88 Å². The molecule has 0 fully saturated rings. The summed E-state index contributed by atoms with van der Waals surface area (Å²) in [6.07, 6.45) is 0. The number of thioether (sulfide) groups is 1. The first-order valence-electron chi connectivity index (χ1n) is 8.39. The van der Waals surface area contributed by atoms with Crippen LogP contribution in [0.5, 0.6) is 5.88 Å². The zero-order valence-corrected chi connectivity index (χ0v) is 16.9. The summed E-state index contributed by atoms with van der Waals surface area (Å²) in [7, 11) is 2.77. The van der Waals surface area contributed by atoms with Crippen LogP contribution in [0.1, 0.15) is 11.1 Å². The van der Waals surface area contributed by atoms with Gasteiger partial charge >= 0.3 is 5.69 Å². The SMILES string of the molecule is Cn1c(O)c(C(=Nc2ccccc2)SCc2ccccc2Cl)c(=O)n(C)c1=O. The van der Waals surface area contributed by atoms with E-state index in [9.17, 15) is 14.7 Å². The highest BCUT2D eigenvalue weighted by Gasteiger charge is 2.21. The molecule has 0 spiro atoms. The molecular formula is C20H18ClN3O3S. The van der Waals surface area contributed by atoms with Crippen molar-refractivity contribution in [3.05, 3.63) is 91.6 Å². The second kappa shape index (κ2) is 8.50. The van der Waals surface area contributed by atoms with Crippen LogP contribution in [0.25, 0.3) is 0 Å². The topological polar surface area (TPSA) is 76.6 Å². The molecule has 0 atom stereocenters. The smallest absolute Gasteiger partial charge is 0.333 e. The van der Waals surface area contributed by atoms with E-state index in [2.05, 4.69) is 4.99 Å². The van der Waals surface area contributed by atoms with Gasteiger partial charge < -0.3 is 5.11 Å². The largest absolute Gasteiger partial charge is 0.494 e. The van der Waals surface area contributed by atoms with Crippen molar-refractivity contribution in [2.75, 3.05) is 0 Å². The summed E-state index contributed by atoms with van der Waals surface area (Å²) in [6, 6.07) is 16.5. The molecule has 0 aliphatic heterocycles. The third-order valence-electron chi connectivity index (χ3n) is 4.16. The fraction of sp³-hybridized carbons (Fsp3) is 0.150. The summed E-state index contributed by atoms with van der Waals surface area (Å²) in [5, 5.41) is 11.4. The van der Waals surface area contributed by atoms with E-state index in [1.165, 1.54) is 25.9 Å². The summed E-state index contributed by atoms with van der Waals surface area (Å²) >= 11 is 7.50. The van der Waals surface area contributed by atoms with Crippen LogP contribution < -0.4 is 11.2 Å². The fourth-order valence-electron chi connectivity index (χ4n) is 2.56. The van der Waals surface area contributed by atoms with Gasteiger partial charge in [0.15, 0.2) is 0 Å². The third kappa shape index (κ3) is 4.05. The molecular weight excluding hydrogens is 398 g/mol. The molecule has 0 amide bonds. The Labute approximate surface area is 170 Å². The molecule has 0 aliphatic carbocycles. The summed E-state index contributed by atoms with van der Waals surface area (Å²) in [6.45, 7) is 0. The van der Waals surface area contributed by atoms with E-state index in [1.54, 1.807) is 18.2 Å². The second-order valence-corrected chi connectivity index (χ2v) is 7.41. The predicted molar refractivity (Wildman–Crippen MR) is 114 cm³/mol. The summed E-state index contributed by atoms with van der Waals surface area (Å²) in [5.74, 6) is 0.0194. The van der Waals surface area contributed by atoms with Gasteiger partial charge in [-0.25, -0.2) is 9.79 Å². The number of aromatic hydroxyl groups is 1. The molecule has 6 nitrogen and oxygen atoms in total. The maximum Gasteiger partial charge on any atom is 0.333 e. The molecule has 0 bridgehead atoms. The first-order chi connectivity index (χ1) is 13.4. The summed E-state index contributed by atoms with van der Waals surface area (Å²) < 4.78 is 1.97. The molecule has 144 valence electrons. The lowest BCUT2D eigenvalue weighted by Crippen LogP contribution is -2.39. The van der Waals surface area contributed by atoms with Gasteiger partial charge in [0.05, 0.1) is 5.69 Å². The van der Waals surface area contributed by atoms with Gasteiger partial charge in [-0.05, 0) is 23.8 Å². The zero-order chi connectivity index (χ0) is 20.3. The molecule has 1 heterocycles. The van der Waals surface area contributed by atoms with Crippen LogP contribution in [0.2, 0.25) is 5.02 Å². The van der Waals surface area contributed by atoms with E-state index in [-0.39, 0.29) is 5.56 Å².